The first-order chi connectivity index (χ1) is 7.72. The SMILES string of the molecule is CCOC(=O)c1ccc(CCN)cc1OC. The first kappa shape index (κ1) is 12.5. The van der Waals surface area contributed by atoms with E-state index in [4.69, 9.17) is 15.2 Å². The van der Waals surface area contributed by atoms with E-state index < -0.39 is 0 Å². The van der Waals surface area contributed by atoms with Crippen LogP contribution in [0.5, 0.6) is 5.75 Å². The van der Waals surface area contributed by atoms with Crippen molar-refractivity contribution in [1.82, 2.24) is 0 Å². The van der Waals surface area contributed by atoms with Crippen LogP contribution in [0.2, 0.25) is 0 Å². The number of ether oxygens (including phenoxy) is 2. The molecule has 0 heterocycles. The Labute approximate surface area is 95.3 Å². The predicted octanol–water partition coefficient (Wildman–Crippen LogP) is 1.37. The highest BCUT2D eigenvalue weighted by molar-refractivity contribution is 5.92. The molecule has 88 valence electrons. The van der Waals surface area contributed by atoms with Gasteiger partial charge in [0.1, 0.15) is 11.3 Å². The molecule has 0 radical (unpaired) electrons. The Bertz CT molecular complexity index is 363. The zero-order valence-corrected chi connectivity index (χ0v) is 9.66. The highest BCUT2D eigenvalue weighted by atomic mass is 16.5. The van der Waals surface area contributed by atoms with E-state index in [1.807, 2.05) is 12.1 Å². The Morgan fingerprint density at radius 3 is 2.75 bits per heavy atom. The Kier molecular flexibility index (Phi) is 4.79. The summed E-state index contributed by atoms with van der Waals surface area (Å²) >= 11 is 0. The van der Waals surface area contributed by atoms with Gasteiger partial charge in [0.05, 0.1) is 13.7 Å². The largest absolute Gasteiger partial charge is 0.496 e. The average molecular weight is 223 g/mol. The molecule has 1 rings (SSSR count). The van der Waals surface area contributed by atoms with E-state index in [0.29, 0.717) is 24.5 Å². The van der Waals surface area contributed by atoms with Gasteiger partial charge in [-0.25, -0.2) is 4.79 Å². The van der Waals surface area contributed by atoms with Crippen LogP contribution in [0.1, 0.15) is 22.8 Å². The van der Waals surface area contributed by atoms with Gasteiger partial charge in [-0.2, -0.15) is 0 Å². The molecule has 1 aromatic carbocycles. The van der Waals surface area contributed by atoms with Crippen LogP contribution in [0.3, 0.4) is 0 Å². The van der Waals surface area contributed by atoms with E-state index in [2.05, 4.69) is 0 Å². The molecule has 0 aliphatic rings. The molecule has 4 heteroatoms. The topological polar surface area (TPSA) is 61.5 Å². The summed E-state index contributed by atoms with van der Waals surface area (Å²) in [7, 11) is 1.53. The van der Waals surface area contributed by atoms with Crippen LogP contribution in [0.4, 0.5) is 0 Å². The smallest absolute Gasteiger partial charge is 0.341 e. The summed E-state index contributed by atoms with van der Waals surface area (Å²) in [5.74, 6) is 0.169. The van der Waals surface area contributed by atoms with Crippen LogP contribution in [-0.4, -0.2) is 26.2 Å². The minimum Gasteiger partial charge on any atom is -0.496 e. The second-order valence-corrected chi connectivity index (χ2v) is 3.29. The Hall–Kier alpha value is -1.55. The second kappa shape index (κ2) is 6.12. The standard InChI is InChI=1S/C12H17NO3/c1-3-16-12(14)10-5-4-9(6-7-13)8-11(10)15-2/h4-5,8H,3,6-7,13H2,1-2H3. The number of hydrogen-bond acceptors (Lipinski definition) is 4. The molecule has 4 nitrogen and oxygen atoms in total. The molecule has 0 aliphatic carbocycles. The quantitative estimate of drug-likeness (QED) is 0.766. The fourth-order valence-corrected chi connectivity index (χ4v) is 1.44. The van der Waals surface area contributed by atoms with Crippen molar-refractivity contribution in [1.29, 1.82) is 0 Å². The molecule has 1 aromatic rings. The first-order valence-corrected chi connectivity index (χ1v) is 5.27. The van der Waals surface area contributed by atoms with Crippen LogP contribution in [0, 0.1) is 0 Å². The van der Waals surface area contributed by atoms with Gasteiger partial charge in [-0.1, -0.05) is 6.07 Å². The third kappa shape index (κ3) is 2.97. The number of carbonyl (C=O) groups is 1. The van der Waals surface area contributed by atoms with Crippen molar-refractivity contribution in [2.24, 2.45) is 5.73 Å². The maximum atomic E-state index is 11.6. The maximum Gasteiger partial charge on any atom is 0.341 e. The van der Waals surface area contributed by atoms with Crippen molar-refractivity contribution in [3.05, 3.63) is 29.3 Å². The predicted molar refractivity (Wildman–Crippen MR) is 61.7 cm³/mol. The zero-order valence-electron chi connectivity index (χ0n) is 9.66. The van der Waals surface area contributed by atoms with E-state index >= 15 is 0 Å². The number of rotatable bonds is 5. The van der Waals surface area contributed by atoms with Gasteiger partial charge in [0.25, 0.3) is 0 Å². The van der Waals surface area contributed by atoms with Crippen molar-refractivity contribution >= 4 is 5.97 Å². The lowest BCUT2D eigenvalue weighted by atomic mass is 10.1. The van der Waals surface area contributed by atoms with Crippen molar-refractivity contribution in [3.63, 3.8) is 0 Å². The molecule has 0 spiro atoms. The lowest BCUT2D eigenvalue weighted by Gasteiger charge is -2.09. The third-order valence-electron chi connectivity index (χ3n) is 2.19. The highest BCUT2D eigenvalue weighted by Crippen LogP contribution is 2.21. The molecule has 0 saturated heterocycles. The Morgan fingerprint density at radius 2 is 2.19 bits per heavy atom. The Balaban J connectivity index is 2.96. The average Bonchev–Trinajstić information content (AvgIpc) is 2.29. The summed E-state index contributed by atoms with van der Waals surface area (Å²) in [4.78, 5) is 11.6. The monoisotopic (exact) mass is 223 g/mol. The van der Waals surface area contributed by atoms with E-state index in [0.717, 1.165) is 12.0 Å². The fraction of sp³-hybridized carbons (Fsp3) is 0.417. The van der Waals surface area contributed by atoms with E-state index in [-0.39, 0.29) is 5.97 Å². The van der Waals surface area contributed by atoms with Crippen LogP contribution >= 0.6 is 0 Å². The first-order valence-electron chi connectivity index (χ1n) is 5.27. The number of benzene rings is 1. The number of methoxy groups -OCH3 is 1. The third-order valence-corrected chi connectivity index (χ3v) is 2.19. The van der Waals surface area contributed by atoms with Gasteiger partial charge in [-0.15, -0.1) is 0 Å². The van der Waals surface area contributed by atoms with Gasteiger partial charge in [0.15, 0.2) is 0 Å². The van der Waals surface area contributed by atoms with Gasteiger partial charge in [0.2, 0.25) is 0 Å². The molecule has 0 atom stereocenters. The lowest BCUT2D eigenvalue weighted by molar-refractivity contribution is 0.0522. The minimum atomic E-state index is -0.362. The van der Waals surface area contributed by atoms with Crippen molar-refractivity contribution in [3.8, 4) is 5.75 Å². The van der Waals surface area contributed by atoms with E-state index in [1.165, 1.54) is 7.11 Å². The molecule has 0 fully saturated rings. The van der Waals surface area contributed by atoms with Gasteiger partial charge in [0, 0.05) is 0 Å². The summed E-state index contributed by atoms with van der Waals surface area (Å²) in [5, 5.41) is 0. The van der Waals surface area contributed by atoms with Crippen LogP contribution in [0.15, 0.2) is 18.2 Å². The van der Waals surface area contributed by atoms with Crippen molar-refractivity contribution < 1.29 is 14.3 Å². The molecule has 0 aliphatic heterocycles. The summed E-state index contributed by atoms with van der Waals surface area (Å²) in [6.07, 6.45) is 0.763. The van der Waals surface area contributed by atoms with Crippen molar-refractivity contribution in [2.75, 3.05) is 20.3 Å². The van der Waals surface area contributed by atoms with Crippen LogP contribution < -0.4 is 10.5 Å². The summed E-state index contributed by atoms with van der Waals surface area (Å²) in [6, 6.07) is 5.39. The number of hydrogen-bond donors (Lipinski definition) is 1. The Morgan fingerprint density at radius 1 is 1.44 bits per heavy atom. The molecule has 0 aromatic heterocycles. The van der Waals surface area contributed by atoms with Crippen LogP contribution in [-0.2, 0) is 11.2 Å². The molecular formula is C12H17NO3. The summed E-state index contributed by atoms with van der Waals surface area (Å²) < 4.78 is 10.1. The van der Waals surface area contributed by atoms with Gasteiger partial charge >= 0.3 is 5.97 Å². The minimum absolute atomic E-state index is 0.354. The van der Waals surface area contributed by atoms with Crippen LogP contribution in [0.25, 0.3) is 0 Å². The molecule has 0 saturated carbocycles. The van der Waals surface area contributed by atoms with Gasteiger partial charge in [-0.3, -0.25) is 0 Å². The maximum absolute atomic E-state index is 11.6. The molecule has 16 heavy (non-hydrogen) atoms. The normalized spacial score (nSPS) is 9.94. The van der Waals surface area contributed by atoms with Crippen molar-refractivity contribution in [2.45, 2.75) is 13.3 Å². The molecule has 0 bridgehead atoms. The summed E-state index contributed by atoms with van der Waals surface area (Å²) in [6.45, 7) is 2.70. The number of carbonyl (C=O) groups excluding carboxylic acids is 1. The highest BCUT2D eigenvalue weighted by Gasteiger charge is 2.13. The van der Waals surface area contributed by atoms with E-state index in [1.54, 1.807) is 13.0 Å². The number of esters is 1. The second-order valence-electron chi connectivity index (χ2n) is 3.29. The van der Waals surface area contributed by atoms with Gasteiger partial charge < -0.3 is 15.2 Å². The molecule has 0 unspecified atom stereocenters. The van der Waals surface area contributed by atoms with Gasteiger partial charge in [-0.05, 0) is 37.6 Å². The number of nitrogens with two attached hydrogens (primary N) is 1. The van der Waals surface area contributed by atoms with E-state index in [9.17, 15) is 4.79 Å². The summed E-state index contributed by atoms with van der Waals surface area (Å²) in [5.41, 5.74) is 6.96. The molecular weight excluding hydrogens is 206 g/mol. The molecule has 2 N–H and O–H groups in total. The lowest BCUT2D eigenvalue weighted by Crippen LogP contribution is -2.08. The fourth-order valence-electron chi connectivity index (χ4n) is 1.44. The molecule has 0 amide bonds. The zero-order chi connectivity index (χ0) is 12.0.